The maximum atomic E-state index is 13.2. The molecule has 0 aromatic carbocycles. The minimum atomic E-state index is -0.163. The first-order chi connectivity index (χ1) is 14.2. The fraction of sp³-hybridized carbons (Fsp3) is 0.150. The van der Waals surface area contributed by atoms with Crippen molar-refractivity contribution in [1.82, 2.24) is 14.9 Å². The summed E-state index contributed by atoms with van der Waals surface area (Å²) in [5.74, 6) is 0.704. The summed E-state index contributed by atoms with van der Waals surface area (Å²) in [7, 11) is 0. The molecule has 6 nitrogen and oxygen atoms in total. The Morgan fingerprint density at radius 2 is 2.24 bits per heavy atom. The SMILES string of the molecule is C=CCn1c(SCC(=O)NCc2cccs2)nc2scc(-c3ccco3)c2c1=O. The van der Waals surface area contributed by atoms with Crippen molar-refractivity contribution in [1.29, 1.82) is 0 Å². The number of aromatic nitrogens is 2. The van der Waals surface area contributed by atoms with Gasteiger partial charge in [-0.05, 0) is 23.6 Å². The molecular weight excluding hydrogens is 426 g/mol. The van der Waals surface area contributed by atoms with Gasteiger partial charge in [0.2, 0.25) is 5.91 Å². The van der Waals surface area contributed by atoms with Gasteiger partial charge in [0.25, 0.3) is 5.56 Å². The second-order valence-electron chi connectivity index (χ2n) is 6.05. The number of furan rings is 1. The van der Waals surface area contributed by atoms with E-state index in [9.17, 15) is 9.59 Å². The van der Waals surface area contributed by atoms with E-state index in [0.29, 0.717) is 34.2 Å². The van der Waals surface area contributed by atoms with Crippen molar-refractivity contribution in [2.24, 2.45) is 0 Å². The third-order valence-corrected chi connectivity index (χ3v) is 6.85. The summed E-state index contributed by atoms with van der Waals surface area (Å²) >= 11 is 4.23. The van der Waals surface area contributed by atoms with Crippen molar-refractivity contribution in [2.45, 2.75) is 18.2 Å². The number of thioether (sulfide) groups is 1. The van der Waals surface area contributed by atoms with Crippen molar-refractivity contribution < 1.29 is 9.21 Å². The summed E-state index contributed by atoms with van der Waals surface area (Å²) < 4.78 is 7.01. The lowest BCUT2D eigenvalue weighted by molar-refractivity contribution is -0.118. The van der Waals surface area contributed by atoms with Crippen LogP contribution >= 0.6 is 34.4 Å². The second kappa shape index (κ2) is 8.81. The highest BCUT2D eigenvalue weighted by atomic mass is 32.2. The van der Waals surface area contributed by atoms with E-state index in [0.717, 1.165) is 10.4 Å². The summed E-state index contributed by atoms with van der Waals surface area (Å²) in [4.78, 5) is 31.8. The van der Waals surface area contributed by atoms with Crippen LogP contribution in [0, 0.1) is 0 Å². The molecule has 0 atom stereocenters. The Hall–Kier alpha value is -2.62. The fourth-order valence-corrected chi connectivity index (χ4v) is 5.25. The van der Waals surface area contributed by atoms with Gasteiger partial charge in [-0.3, -0.25) is 14.2 Å². The monoisotopic (exact) mass is 443 g/mol. The van der Waals surface area contributed by atoms with Gasteiger partial charge in [-0.1, -0.05) is 23.9 Å². The molecule has 29 heavy (non-hydrogen) atoms. The van der Waals surface area contributed by atoms with Crippen LogP contribution in [0.25, 0.3) is 21.5 Å². The number of thiophene rings is 2. The fourth-order valence-electron chi connectivity index (χ4n) is 2.80. The number of hydrogen-bond acceptors (Lipinski definition) is 7. The molecule has 148 valence electrons. The Bertz CT molecular complexity index is 1190. The molecule has 0 aliphatic heterocycles. The molecule has 0 unspecified atom stereocenters. The molecule has 9 heteroatoms. The number of allylic oxidation sites excluding steroid dienone is 1. The zero-order valence-electron chi connectivity index (χ0n) is 15.3. The Morgan fingerprint density at radius 1 is 1.34 bits per heavy atom. The first-order valence-corrected chi connectivity index (χ1v) is 11.5. The number of carbonyl (C=O) groups excluding carboxylic acids is 1. The molecule has 4 rings (SSSR count). The Morgan fingerprint density at radius 3 is 2.97 bits per heavy atom. The molecule has 0 aliphatic rings. The van der Waals surface area contributed by atoms with Gasteiger partial charge in [-0.15, -0.1) is 29.3 Å². The Kier molecular flexibility index (Phi) is 5.98. The lowest BCUT2D eigenvalue weighted by Crippen LogP contribution is -2.26. The normalized spacial score (nSPS) is 11.0. The highest BCUT2D eigenvalue weighted by Crippen LogP contribution is 2.32. The van der Waals surface area contributed by atoms with Crippen LogP contribution in [0.4, 0.5) is 0 Å². The molecule has 4 aromatic rings. The Labute approximate surface area is 178 Å². The number of hydrogen-bond donors (Lipinski definition) is 1. The summed E-state index contributed by atoms with van der Waals surface area (Å²) in [5, 5.41) is 7.76. The van der Waals surface area contributed by atoms with Gasteiger partial charge in [0.05, 0.1) is 23.9 Å². The predicted octanol–water partition coefficient (Wildman–Crippen LogP) is 4.37. The number of carbonyl (C=O) groups is 1. The lowest BCUT2D eigenvalue weighted by atomic mass is 10.2. The summed E-state index contributed by atoms with van der Waals surface area (Å²) in [6.45, 7) is 4.55. The quantitative estimate of drug-likeness (QED) is 0.249. The molecule has 4 aromatic heterocycles. The number of rotatable bonds is 8. The van der Waals surface area contributed by atoms with Gasteiger partial charge in [0.1, 0.15) is 10.6 Å². The maximum Gasteiger partial charge on any atom is 0.263 e. The predicted molar refractivity (Wildman–Crippen MR) is 119 cm³/mol. The van der Waals surface area contributed by atoms with E-state index in [1.54, 1.807) is 34.3 Å². The van der Waals surface area contributed by atoms with Crippen LogP contribution in [0.1, 0.15) is 4.88 Å². The van der Waals surface area contributed by atoms with E-state index < -0.39 is 0 Å². The van der Waals surface area contributed by atoms with Crippen LogP contribution in [0.5, 0.6) is 0 Å². The van der Waals surface area contributed by atoms with Crippen LogP contribution in [0.3, 0.4) is 0 Å². The van der Waals surface area contributed by atoms with Crippen molar-refractivity contribution in [2.75, 3.05) is 5.75 Å². The number of nitrogens with one attached hydrogen (secondary N) is 1. The topological polar surface area (TPSA) is 77.1 Å². The minimum absolute atomic E-state index is 0.106. The Balaban J connectivity index is 1.58. The smallest absolute Gasteiger partial charge is 0.263 e. The van der Waals surface area contributed by atoms with Crippen LogP contribution in [0.15, 0.2) is 68.3 Å². The van der Waals surface area contributed by atoms with Gasteiger partial charge in [0.15, 0.2) is 5.16 Å². The number of nitrogens with zero attached hydrogens (tertiary/aromatic N) is 2. The van der Waals surface area contributed by atoms with Crippen LogP contribution in [0.2, 0.25) is 0 Å². The van der Waals surface area contributed by atoms with Gasteiger partial charge >= 0.3 is 0 Å². The molecule has 0 saturated heterocycles. The molecule has 0 radical (unpaired) electrons. The van der Waals surface area contributed by atoms with E-state index in [1.807, 2.05) is 29.0 Å². The van der Waals surface area contributed by atoms with Crippen LogP contribution < -0.4 is 10.9 Å². The third-order valence-electron chi connectivity index (χ3n) is 4.13. The second-order valence-corrected chi connectivity index (χ2v) is 8.88. The van der Waals surface area contributed by atoms with Gasteiger partial charge in [0, 0.05) is 22.4 Å². The summed E-state index contributed by atoms with van der Waals surface area (Å²) in [6, 6.07) is 7.53. The van der Waals surface area contributed by atoms with Gasteiger partial charge in [-0.2, -0.15) is 0 Å². The zero-order chi connectivity index (χ0) is 20.2. The van der Waals surface area contributed by atoms with E-state index in [2.05, 4.69) is 16.9 Å². The summed E-state index contributed by atoms with van der Waals surface area (Å²) in [6.07, 6.45) is 3.22. The standard InChI is InChI=1S/C20H17N3O3S3/c1-2-7-23-19(25)17-14(15-6-3-8-26-15)11-28-18(17)22-20(23)29-12-16(24)21-10-13-5-4-9-27-13/h2-6,8-9,11H,1,7,10,12H2,(H,21,24). The molecule has 1 N–H and O–H groups in total. The lowest BCUT2D eigenvalue weighted by Gasteiger charge is -2.10. The molecule has 4 heterocycles. The molecular formula is C20H17N3O3S3. The van der Waals surface area contributed by atoms with E-state index in [4.69, 9.17) is 4.42 Å². The average Bonchev–Trinajstić information content (AvgIpc) is 3.47. The highest BCUT2D eigenvalue weighted by molar-refractivity contribution is 7.99. The largest absolute Gasteiger partial charge is 0.464 e. The van der Waals surface area contributed by atoms with Crippen molar-refractivity contribution >= 4 is 50.6 Å². The van der Waals surface area contributed by atoms with Crippen molar-refractivity contribution in [3.63, 3.8) is 0 Å². The van der Waals surface area contributed by atoms with Gasteiger partial charge < -0.3 is 9.73 Å². The van der Waals surface area contributed by atoms with Crippen molar-refractivity contribution in [3.8, 4) is 11.3 Å². The van der Waals surface area contributed by atoms with Crippen LogP contribution in [-0.2, 0) is 17.9 Å². The molecule has 0 spiro atoms. The van der Waals surface area contributed by atoms with E-state index in [-0.39, 0.29) is 17.2 Å². The molecule has 0 bridgehead atoms. The number of amides is 1. The zero-order valence-corrected chi connectivity index (χ0v) is 17.7. The third kappa shape index (κ3) is 4.21. The average molecular weight is 444 g/mol. The van der Waals surface area contributed by atoms with E-state index in [1.165, 1.54) is 23.1 Å². The maximum absolute atomic E-state index is 13.2. The minimum Gasteiger partial charge on any atom is -0.464 e. The summed E-state index contributed by atoms with van der Waals surface area (Å²) in [5.41, 5.74) is 0.569. The molecule has 0 aliphatic carbocycles. The molecule has 0 saturated carbocycles. The number of fused-ring (bicyclic) bond motifs is 1. The molecule has 0 fully saturated rings. The van der Waals surface area contributed by atoms with Crippen molar-refractivity contribution in [3.05, 3.63) is 69.2 Å². The highest BCUT2D eigenvalue weighted by Gasteiger charge is 2.18. The van der Waals surface area contributed by atoms with Gasteiger partial charge in [-0.25, -0.2) is 4.98 Å². The first kappa shape index (κ1) is 19.7. The molecule has 1 amide bonds. The first-order valence-electron chi connectivity index (χ1n) is 8.76. The van der Waals surface area contributed by atoms with Crippen LogP contribution in [-0.4, -0.2) is 21.2 Å². The van der Waals surface area contributed by atoms with E-state index >= 15 is 0 Å².